The molecule has 19 heavy (non-hydrogen) atoms. The summed E-state index contributed by atoms with van der Waals surface area (Å²) < 4.78 is 0. The van der Waals surface area contributed by atoms with Crippen molar-refractivity contribution >= 4 is 17.5 Å². The maximum atomic E-state index is 11.8. The lowest BCUT2D eigenvalue weighted by atomic mass is 10.2. The van der Waals surface area contributed by atoms with Crippen molar-refractivity contribution in [3.05, 3.63) is 29.8 Å². The highest BCUT2D eigenvalue weighted by Gasteiger charge is 2.45. The number of hydrogen-bond donors (Lipinski definition) is 3. The molecule has 0 heterocycles. The van der Waals surface area contributed by atoms with Crippen LogP contribution in [0.2, 0.25) is 0 Å². The van der Waals surface area contributed by atoms with E-state index >= 15 is 0 Å². The molecule has 5 nitrogen and oxygen atoms in total. The van der Waals surface area contributed by atoms with Gasteiger partial charge in [0.1, 0.15) is 0 Å². The number of anilines is 1. The van der Waals surface area contributed by atoms with Crippen LogP contribution in [0.25, 0.3) is 0 Å². The number of benzene rings is 1. The highest BCUT2D eigenvalue weighted by atomic mass is 16.2. The van der Waals surface area contributed by atoms with Crippen molar-refractivity contribution in [2.75, 3.05) is 5.32 Å². The largest absolute Gasteiger partial charge is 0.349 e. The minimum atomic E-state index is -0.679. The molecule has 2 aliphatic rings. The van der Waals surface area contributed by atoms with Crippen molar-refractivity contribution in [2.24, 2.45) is 5.73 Å². The average molecular weight is 259 g/mol. The Hall–Kier alpha value is -1.88. The number of nitrogens with two attached hydrogens (primary N) is 1. The van der Waals surface area contributed by atoms with Crippen molar-refractivity contribution in [1.29, 1.82) is 0 Å². The van der Waals surface area contributed by atoms with Crippen molar-refractivity contribution in [3.8, 4) is 0 Å². The third kappa shape index (κ3) is 2.76. The molecule has 0 aromatic heterocycles. The molecule has 0 unspecified atom stereocenters. The molecule has 0 spiro atoms. The second-order valence-electron chi connectivity index (χ2n) is 5.44. The molecule has 1 aromatic carbocycles. The van der Waals surface area contributed by atoms with Crippen LogP contribution < -0.4 is 16.4 Å². The molecule has 3 rings (SSSR count). The van der Waals surface area contributed by atoms with Crippen LogP contribution in [0.3, 0.4) is 0 Å². The lowest BCUT2D eigenvalue weighted by Gasteiger charge is -2.10. The number of carbonyl (C=O) groups is 2. The Kier molecular flexibility index (Phi) is 2.78. The smallest absolute Gasteiger partial charge is 0.251 e. The molecular formula is C14H17N3O2. The molecule has 0 atom stereocenters. The van der Waals surface area contributed by atoms with Gasteiger partial charge in [0.15, 0.2) is 0 Å². The topological polar surface area (TPSA) is 84.2 Å². The Morgan fingerprint density at radius 3 is 2.32 bits per heavy atom. The third-order valence-electron chi connectivity index (χ3n) is 3.56. The van der Waals surface area contributed by atoms with Crippen LogP contribution in [0.1, 0.15) is 36.0 Å². The van der Waals surface area contributed by atoms with Crippen molar-refractivity contribution < 1.29 is 9.59 Å². The SMILES string of the molecule is NC1(C(=O)Nc2ccc(C(=O)NC3CC3)cc2)CC1. The van der Waals surface area contributed by atoms with E-state index in [4.69, 9.17) is 5.73 Å². The molecule has 2 saturated carbocycles. The van der Waals surface area contributed by atoms with Gasteiger partial charge in [-0.05, 0) is 49.9 Å². The van der Waals surface area contributed by atoms with Crippen molar-refractivity contribution in [3.63, 3.8) is 0 Å². The predicted octanol–water partition coefficient (Wildman–Crippen LogP) is 1.01. The van der Waals surface area contributed by atoms with E-state index < -0.39 is 5.54 Å². The van der Waals surface area contributed by atoms with Crippen LogP contribution in [-0.2, 0) is 4.79 Å². The van der Waals surface area contributed by atoms with Gasteiger partial charge >= 0.3 is 0 Å². The summed E-state index contributed by atoms with van der Waals surface area (Å²) in [6.45, 7) is 0. The van der Waals surface area contributed by atoms with Crippen LogP contribution in [-0.4, -0.2) is 23.4 Å². The summed E-state index contributed by atoms with van der Waals surface area (Å²) >= 11 is 0. The summed E-state index contributed by atoms with van der Waals surface area (Å²) in [5.74, 6) is -0.208. The maximum Gasteiger partial charge on any atom is 0.251 e. The Bertz CT molecular complexity index is 516. The fourth-order valence-electron chi connectivity index (χ4n) is 1.82. The third-order valence-corrected chi connectivity index (χ3v) is 3.56. The van der Waals surface area contributed by atoms with Gasteiger partial charge in [-0.2, -0.15) is 0 Å². The molecule has 0 saturated heterocycles. The minimum Gasteiger partial charge on any atom is -0.349 e. The standard InChI is InChI=1S/C14H17N3O2/c15-14(7-8-14)13(19)17-11-3-1-9(2-4-11)12(18)16-10-5-6-10/h1-4,10H,5-8,15H2,(H,16,18)(H,17,19). The molecule has 4 N–H and O–H groups in total. The highest BCUT2D eigenvalue weighted by Crippen LogP contribution is 2.33. The minimum absolute atomic E-state index is 0.0575. The lowest BCUT2D eigenvalue weighted by molar-refractivity contribution is -0.118. The van der Waals surface area contributed by atoms with E-state index in [1.165, 1.54) is 0 Å². The van der Waals surface area contributed by atoms with Crippen LogP contribution in [0.15, 0.2) is 24.3 Å². The maximum absolute atomic E-state index is 11.8. The summed E-state index contributed by atoms with van der Waals surface area (Å²) in [6, 6.07) is 7.22. The summed E-state index contributed by atoms with van der Waals surface area (Å²) in [5, 5.41) is 5.69. The molecule has 2 fully saturated rings. The number of amides is 2. The van der Waals surface area contributed by atoms with Gasteiger partial charge in [-0.25, -0.2) is 0 Å². The molecule has 1 aromatic rings. The molecular weight excluding hydrogens is 242 g/mol. The van der Waals surface area contributed by atoms with Gasteiger partial charge in [0, 0.05) is 17.3 Å². The van der Waals surface area contributed by atoms with Crippen LogP contribution in [0.5, 0.6) is 0 Å². The monoisotopic (exact) mass is 259 g/mol. The van der Waals surface area contributed by atoms with E-state index in [1.54, 1.807) is 24.3 Å². The fraction of sp³-hybridized carbons (Fsp3) is 0.429. The second kappa shape index (κ2) is 4.35. The second-order valence-corrected chi connectivity index (χ2v) is 5.44. The van der Waals surface area contributed by atoms with Gasteiger partial charge < -0.3 is 16.4 Å². The Morgan fingerprint density at radius 2 is 1.79 bits per heavy atom. The van der Waals surface area contributed by atoms with Gasteiger partial charge in [0.05, 0.1) is 5.54 Å². The Morgan fingerprint density at radius 1 is 1.16 bits per heavy atom. The average Bonchev–Trinajstić information content (AvgIpc) is 3.29. The van der Waals surface area contributed by atoms with Gasteiger partial charge in [0.25, 0.3) is 5.91 Å². The Labute approximate surface area is 111 Å². The van der Waals surface area contributed by atoms with E-state index in [-0.39, 0.29) is 11.8 Å². The first-order valence-corrected chi connectivity index (χ1v) is 6.58. The molecule has 0 aliphatic heterocycles. The van der Waals surface area contributed by atoms with Crippen molar-refractivity contribution in [2.45, 2.75) is 37.3 Å². The lowest BCUT2D eigenvalue weighted by Crippen LogP contribution is -2.37. The first kappa shape index (κ1) is 12.2. The van der Waals surface area contributed by atoms with Gasteiger partial charge in [-0.1, -0.05) is 0 Å². The molecule has 2 amide bonds. The molecule has 0 radical (unpaired) electrons. The summed E-state index contributed by atoms with van der Waals surface area (Å²) in [4.78, 5) is 23.5. The molecule has 5 heteroatoms. The number of hydrogen-bond acceptors (Lipinski definition) is 3. The van der Waals surface area contributed by atoms with Gasteiger partial charge in [-0.15, -0.1) is 0 Å². The van der Waals surface area contributed by atoms with Gasteiger partial charge in [-0.3, -0.25) is 9.59 Å². The quantitative estimate of drug-likeness (QED) is 0.754. The normalized spacial score (nSPS) is 19.6. The zero-order valence-corrected chi connectivity index (χ0v) is 10.6. The van der Waals surface area contributed by atoms with E-state index in [9.17, 15) is 9.59 Å². The summed E-state index contributed by atoms with van der Waals surface area (Å²) in [7, 11) is 0. The highest BCUT2D eigenvalue weighted by molar-refractivity contribution is 6.00. The molecule has 100 valence electrons. The van der Waals surface area contributed by atoms with E-state index in [1.807, 2.05) is 0 Å². The van der Waals surface area contributed by atoms with Crippen LogP contribution in [0.4, 0.5) is 5.69 Å². The first-order chi connectivity index (χ1) is 9.07. The zero-order chi connectivity index (χ0) is 13.5. The first-order valence-electron chi connectivity index (χ1n) is 6.58. The van der Waals surface area contributed by atoms with E-state index in [2.05, 4.69) is 10.6 Å². The Balaban J connectivity index is 1.61. The van der Waals surface area contributed by atoms with Crippen LogP contribution >= 0.6 is 0 Å². The van der Waals surface area contributed by atoms with Crippen molar-refractivity contribution in [1.82, 2.24) is 5.32 Å². The zero-order valence-electron chi connectivity index (χ0n) is 10.6. The predicted molar refractivity (Wildman–Crippen MR) is 71.7 cm³/mol. The number of rotatable bonds is 4. The van der Waals surface area contributed by atoms with E-state index in [0.717, 1.165) is 25.7 Å². The number of nitrogens with one attached hydrogen (secondary N) is 2. The van der Waals surface area contributed by atoms with Crippen LogP contribution in [0, 0.1) is 0 Å². The summed E-state index contributed by atoms with van der Waals surface area (Å²) in [5.41, 5.74) is 6.40. The molecule has 0 bridgehead atoms. The molecule has 2 aliphatic carbocycles. The van der Waals surface area contributed by atoms with Gasteiger partial charge in [0.2, 0.25) is 5.91 Å². The fourth-order valence-corrected chi connectivity index (χ4v) is 1.82. The summed E-state index contributed by atoms with van der Waals surface area (Å²) in [6.07, 6.45) is 3.61. The number of carbonyl (C=O) groups excluding carboxylic acids is 2. The van der Waals surface area contributed by atoms with E-state index in [0.29, 0.717) is 17.3 Å².